The summed E-state index contributed by atoms with van der Waals surface area (Å²) >= 11 is 4.43. The molecule has 1 aromatic rings. The Morgan fingerprint density at radius 1 is 1.21 bits per heavy atom. The minimum Gasteiger partial charge on any atom is -0.337 e. The van der Waals surface area contributed by atoms with Gasteiger partial charge in [0.1, 0.15) is 0 Å². The number of rotatable bonds is 3. The second-order valence-corrected chi connectivity index (χ2v) is 6.30. The lowest BCUT2D eigenvalue weighted by atomic mass is 10.2. The van der Waals surface area contributed by atoms with E-state index in [0.29, 0.717) is 12.5 Å². The average Bonchev–Trinajstić information content (AvgIpc) is 2.97. The molecule has 2 heterocycles. The van der Waals surface area contributed by atoms with Crippen LogP contribution in [0.3, 0.4) is 0 Å². The van der Waals surface area contributed by atoms with Gasteiger partial charge < -0.3 is 4.90 Å². The number of nitrogens with zero attached hydrogens (tertiary/aromatic N) is 2. The first-order valence-electron chi connectivity index (χ1n) is 6.96. The Morgan fingerprint density at radius 2 is 2.00 bits per heavy atom. The molecule has 0 N–H and O–H groups in total. The van der Waals surface area contributed by atoms with Crippen molar-refractivity contribution < 1.29 is 4.79 Å². The lowest BCUT2D eigenvalue weighted by Crippen LogP contribution is -2.38. The molecule has 3 nitrogen and oxygen atoms in total. The zero-order valence-electron chi connectivity index (χ0n) is 11.0. The predicted octanol–water partition coefficient (Wildman–Crippen LogP) is 1.79. The quantitative estimate of drug-likeness (QED) is 0.851. The molecule has 0 aliphatic carbocycles. The highest BCUT2D eigenvalue weighted by Gasteiger charge is 2.36. The molecule has 2 fully saturated rings. The third kappa shape index (κ3) is 2.95. The molecule has 4 heteroatoms. The van der Waals surface area contributed by atoms with Gasteiger partial charge in [-0.1, -0.05) is 30.3 Å². The number of thiol groups is 1. The van der Waals surface area contributed by atoms with Crippen molar-refractivity contribution in [1.29, 1.82) is 0 Å². The highest BCUT2D eigenvalue weighted by Crippen LogP contribution is 2.24. The SMILES string of the molecule is O=C1CC(S)CN1C1CCN(Cc2ccccc2)C1. The third-order valence-corrected chi connectivity index (χ3v) is 4.42. The van der Waals surface area contributed by atoms with Crippen molar-refractivity contribution >= 4 is 18.5 Å². The second-order valence-electron chi connectivity index (χ2n) is 5.57. The Labute approximate surface area is 120 Å². The van der Waals surface area contributed by atoms with Gasteiger partial charge in [0.15, 0.2) is 0 Å². The fraction of sp³-hybridized carbons (Fsp3) is 0.533. The van der Waals surface area contributed by atoms with Gasteiger partial charge in [0.05, 0.1) is 0 Å². The normalized spacial score (nSPS) is 28.3. The van der Waals surface area contributed by atoms with E-state index in [9.17, 15) is 4.79 Å². The van der Waals surface area contributed by atoms with E-state index in [0.717, 1.165) is 32.6 Å². The number of likely N-dealkylation sites (tertiary alicyclic amines) is 2. The minimum atomic E-state index is 0.232. The zero-order chi connectivity index (χ0) is 13.2. The van der Waals surface area contributed by atoms with E-state index in [-0.39, 0.29) is 11.2 Å². The van der Waals surface area contributed by atoms with Gasteiger partial charge >= 0.3 is 0 Å². The summed E-state index contributed by atoms with van der Waals surface area (Å²) in [6.07, 6.45) is 1.71. The number of hydrogen-bond acceptors (Lipinski definition) is 3. The van der Waals surface area contributed by atoms with Crippen LogP contribution in [0.1, 0.15) is 18.4 Å². The van der Waals surface area contributed by atoms with Crippen LogP contribution in [-0.2, 0) is 11.3 Å². The molecule has 2 saturated heterocycles. The Morgan fingerprint density at radius 3 is 2.68 bits per heavy atom. The van der Waals surface area contributed by atoms with Gasteiger partial charge in [0.2, 0.25) is 5.91 Å². The van der Waals surface area contributed by atoms with E-state index >= 15 is 0 Å². The Balaban J connectivity index is 1.57. The zero-order valence-corrected chi connectivity index (χ0v) is 11.9. The number of hydrogen-bond donors (Lipinski definition) is 1. The Kier molecular flexibility index (Phi) is 3.80. The van der Waals surface area contributed by atoms with Crippen LogP contribution in [0.5, 0.6) is 0 Å². The maximum atomic E-state index is 11.9. The first-order chi connectivity index (χ1) is 9.22. The molecule has 0 saturated carbocycles. The molecule has 0 bridgehead atoms. The van der Waals surface area contributed by atoms with E-state index in [1.165, 1.54) is 5.56 Å². The van der Waals surface area contributed by atoms with Crippen molar-refractivity contribution in [3.8, 4) is 0 Å². The van der Waals surface area contributed by atoms with Gasteiger partial charge in [-0.25, -0.2) is 0 Å². The molecular formula is C15H20N2OS. The van der Waals surface area contributed by atoms with Crippen molar-refractivity contribution in [1.82, 2.24) is 9.80 Å². The fourth-order valence-corrected chi connectivity index (χ4v) is 3.45. The van der Waals surface area contributed by atoms with E-state index < -0.39 is 0 Å². The van der Waals surface area contributed by atoms with E-state index in [1.54, 1.807) is 0 Å². The van der Waals surface area contributed by atoms with Gasteiger partial charge in [0.25, 0.3) is 0 Å². The van der Waals surface area contributed by atoms with Crippen LogP contribution in [0, 0.1) is 0 Å². The topological polar surface area (TPSA) is 23.6 Å². The molecule has 1 aromatic carbocycles. The van der Waals surface area contributed by atoms with Gasteiger partial charge in [0, 0.05) is 43.9 Å². The molecule has 0 spiro atoms. The first-order valence-corrected chi connectivity index (χ1v) is 7.48. The number of carbonyl (C=O) groups is 1. The summed E-state index contributed by atoms with van der Waals surface area (Å²) in [5.74, 6) is 0.284. The predicted molar refractivity (Wildman–Crippen MR) is 79.2 cm³/mol. The van der Waals surface area contributed by atoms with Gasteiger partial charge in [-0.05, 0) is 12.0 Å². The molecule has 3 rings (SSSR count). The summed E-state index contributed by atoms with van der Waals surface area (Å²) in [7, 11) is 0. The summed E-state index contributed by atoms with van der Waals surface area (Å²) in [6.45, 7) is 3.90. The lowest BCUT2D eigenvalue weighted by Gasteiger charge is -2.24. The van der Waals surface area contributed by atoms with E-state index in [4.69, 9.17) is 0 Å². The summed E-state index contributed by atoms with van der Waals surface area (Å²) in [5.41, 5.74) is 1.35. The second kappa shape index (κ2) is 5.55. The van der Waals surface area contributed by atoms with E-state index in [2.05, 4.69) is 41.8 Å². The van der Waals surface area contributed by atoms with Crippen LogP contribution in [0.2, 0.25) is 0 Å². The monoisotopic (exact) mass is 276 g/mol. The number of amides is 1. The summed E-state index contributed by atoms with van der Waals surface area (Å²) in [6, 6.07) is 10.9. The smallest absolute Gasteiger partial charge is 0.224 e. The van der Waals surface area contributed by atoms with Gasteiger partial charge in [-0.2, -0.15) is 12.6 Å². The molecule has 2 atom stereocenters. The average molecular weight is 276 g/mol. The standard InChI is InChI=1S/C15H20N2OS/c18-15-8-14(19)11-17(15)13-6-7-16(10-13)9-12-4-2-1-3-5-12/h1-5,13-14,19H,6-11H2. The lowest BCUT2D eigenvalue weighted by molar-refractivity contribution is -0.129. The van der Waals surface area contributed by atoms with Crippen molar-refractivity contribution in [2.45, 2.75) is 30.7 Å². The molecule has 2 unspecified atom stereocenters. The summed E-state index contributed by atoms with van der Waals surface area (Å²) < 4.78 is 0. The molecule has 102 valence electrons. The largest absolute Gasteiger partial charge is 0.337 e. The maximum absolute atomic E-state index is 11.9. The number of carbonyl (C=O) groups excluding carboxylic acids is 1. The van der Waals surface area contributed by atoms with Gasteiger partial charge in [-0.15, -0.1) is 0 Å². The van der Waals surface area contributed by atoms with Crippen molar-refractivity contribution in [3.05, 3.63) is 35.9 Å². The molecular weight excluding hydrogens is 256 g/mol. The minimum absolute atomic E-state index is 0.232. The van der Waals surface area contributed by atoms with Crippen molar-refractivity contribution in [3.63, 3.8) is 0 Å². The fourth-order valence-electron chi connectivity index (χ4n) is 3.12. The first kappa shape index (κ1) is 13.0. The van der Waals surface area contributed by atoms with Crippen LogP contribution < -0.4 is 0 Å². The van der Waals surface area contributed by atoms with Crippen LogP contribution in [0.4, 0.5) is 0 Å². The van der Waals surface area contributed by atoms with E-state index in [1.807, 2.05) is 11.0 Å². The van der Waals surface area contributed by atoms with Crippen LogP contribution in [0.15, 0.2) is 30.3 Å². The maximum Gasteiger partial charge on any atom is 0.224 e. The van der Waals surface area contributed by atoms with Crippen molar-refractivity contribution in [2.75, 3.05) is 19.6 Å². The molecule has 19 heavy (non-hydrogen) atoms. The molecule has 0 radical (unpaired) electrons. The molecule has 2 aliphatic rings. The van der Waals surface area contributed by atoms with Crippen molar-refractivity contribution in [2.24, 2.45) is 0 Å². The Hall–Kier alpha value is -1.00. The Bertz CT molecular complexity index is 451. The summed E-state index contributed by atoms with van der Waals surface area (Å²) in [4.78, 5) is 16.4. The highest BCUT2D eigenvalue weighted by molar-refractivity contribution is 7.81. The van der Waals surface area contributed by atoms with Crippen LogP contribution >= 0.6 is 12.6 Å². The van der Waals surface area contributed by atoms with Crippen LogP contribution in [0.25, 0.3) is 0 Å². The third-order valence-electron chi connectivity index (χ3n) is 4.08. The number of benzene rings is 1. The molecule has 0 aromatic heterocycles. The summed E-state index contributed by atoms with van der Waals surface area (Å²) in [5, 5.41) is 0.232. The van der Waals surface area contributed by atoms with Crippen LogP contribution in [-0.4, -0.2) is 46.6 Å². The van der Waals surface area contributed by atoms with Gasteiger partial charge in [-0.3, -0.25) is 9.69 Å². The molecule has 2 aliphatic heterocycles. The molecule has 1 amide bonds. The highest BCUT2D eigenvalue weighted by atomic mass is 32.1.